The van der Waals surface area contributed by atoms with E-state index in [4.69, 9.17) is 16.4 Å². The third kappa shape index (κ3) is 3.27. The predicted octanol–water partition coefficient (Wildman–Crippen LogP) is 3.76. The van der Waals surface area contributed by atoms with Crippen molar-refractivity contribution in [2.75, 3.05) is 0 Å². The van der Waals surface area contributed by atoms with Gasteiger partial charge in [0.25, 0.3) is 5.91 Å². The molecule has 5 heteroatoms. The molecule has 0 fully saturated rings. The van der Waals surface area contributed by atoms with Crippen molar-refractivity contribution in [2.45, 2.75) is 12.8 Å². The maximum atomic E-state index is 12.3. The number of amides is 1. The summed E-state index contributed by atoms with van der Waals surface area (Å²) in [6.07, 6.45) is 3.22. The SMILES string of the molecule is CC1C(=O)NOc2cc(C(=O)C=Cc3ccc(Cl)cc3)ccc21. The van der Waals surface area contributed by atoms with Gasteiger partial charge in [0.05, 0.1) is 5.92 Å². The Balaban J connectivity index is 1.80. The average molecular weight is 328 g/mol. The van der Waals surface area contributed by atoms with Crippen molar-refractivity contribution in [3.05, 3.63) is 70.3 Å². The van der Waals surface area contributed by atoms with Gasteiger partial charge in [-0.15, -0.1) is 0 Å². The molecule has 0 aromatic heterocycles. The Labute approximate surface area is 138 Å². The molecule has 1 amide bonds. The highest BCUT2D eigenvalue weighted by atomic mass is 35.5. The molecule has 2 aromatic carbocycles. The molecule has 1 N–H and O–H groups in total. The van der Waals surface area contributed by atoms with Crippen molar-refractivity contribution in [3.8, 4) is 5.75 Å². The van der Waals surface area contributed by atoms with Crippen LogP contribution in [0.5, 0.6) is 5.75 Å². The lowest BCUT2D eigenvalue weighted by Gasteiger charge is -2.22. The topological polar surface area (TPSA) is 55.4 Å². The van der Waals surface area contributed by atoms with E-state index in [1.165, 1.54) is 6.08 Å². The highest BCUT2D eigenvalue weighted by Crippen LogP contribution is 2.30. The van der Waals surface area contributed by atoms with E-state index in [1.807, 2.05) is 12.1 Å². The van der Waals surface area contributed by atoms with Crippen molar-refractivity contribution < 1.29 is 14.4 Å². The highest BCUT2D eigenvalue weighted by Gasteiger charge is 2.25. The Bertz CT molecular complexity index is 796. The fraction of sp³-hybridized carbons (Fsp3) is 0.111. The van der Waals surface area contributed by atoms with Gasteiger partial charge < -0.3 is 4.84 Å². The first-order valence-electron chi connectivity index (χ1n) is 7.13. The molecule has 0 spiro atoms. The number of hydrogen-bond donors (Lipinski definition) is 1. The third-order valence-corrected chi connectivity index (χ3v) is 3.97. The van der Waals surface area contributed by atoms with Gasteiger partial charge in [0.1, 0.15) is 0 Å². The predicted molar refractivity (Wildman–Crippen MR) is 88.4 cm³/mol. The minimum absolute atomic E-state index is 0.143. The van der Waals surface area contributed by atoms with Crippen molar-refractivity contribution >= 4 is 29.4 Å². The number of fused-ring (bicyclic) bond motifs is 1. The summed E-state index contributed by atoms with van der Waals surface area (Å²) in [5, 5.41) is 0.650. The van der Waals surface area contributed by atoms with Crippen molar-refractivity contribution in [1.29, 1.82) is 0 Å². The molecule has 0 radical (unpaired) electrons. The van der Waals surface area contributed by atoms with E-state index >= 15 is 0 Å². The fourth-order valence-electron chi connectivity index (χ4n) is 2.31. The Morgan fingerprint density at radius 3 is 2.70 bits per heavy atom. The number of halogens is 1. The number of hydroxylamine groups is 1. The Hall–Kier alpha value is -2.59. The molecule has 3 rings (SSSR count). The zero-order valence-electron chi connectivity index (χ0n) is 12.4. The summed E-state index contributed by atoms with van der Waals surface area (Å²) in [7, 11) is 0. The molecule has 0 saturated carbocycles. The van der Waals surface area contributed by atoms with Gasteiger partial charge in [-0.1, -0.05) is 41.9 Å². The molecule has 116 valence electrons. The molecule has 1 unspecified atom stereocenters. The molecule has 1 heterocycles. The first kappa shape index (κ1) is 15.3. The van der Waals surface area contributed by atoms with E-state index in [2.05, 4.69) is 5.48 Å². The molecule has 0 aliphatic carbocycles. The van der Waals surface area contributed by atoms with Crippen LogP contribution in [0, 0.1) is 0 Å². The Morgan fingerprint density at radius 1 is 1.22 bits per heavy atom. The van der Waals surface area contributed by atoms with Crippen LogP contribution in [-0.4, -0.2) is 11.7 Å². The summed E-state index contributed by atoms with van der Waals surface area (Å²) in [5.41, 5.74) is 4.49. The van der Waals surface area contributed by atoms with E-state index in [-0.39, 0.29) is 17.6 Å². The highest BCUT2D eigenvalue weighted by molar-refractivity contribution is 6.30. The van der Waals surface area contributed by atoms with E-state index in [0.29, 0.717) is 16.3 Å². The number of ketones is 1. The van der Waals surface area contributed by atoms with Crippen LogP contribution in [0.2, 0.25) is 5.02 Å². The van der Waals surface area contributed by atoms with Crippen molar-refractivity contribution in [3.63, 3.8) is 0 Å². The fourth-order valence-corrected chi connectivity index (χ4v) is 2.44. The summed E-state index contributed by atoms with van der Waals surface area (Å²) in [5.74, 6) is -0.134. The minimum atomic E-state index is -0.299. The Morgan fingerprint density at radius 2 is 1.96 bits per heavy atom. The number of carbonyl (C=O) groups is 2. The van der Waals surface area contributed by atoms with Crippen molar-refractivity contribution in [2.24, 2.45) is 0 Å². The van der Waals surface area contributed by atoms with Gasteiger partial charge in [0.15, 0.2) is 11.5 Å². The first-order chi connectivity index (χ1) is 11.0. The largest absolute Gasteiger partial charge is 0.379 e. The van der Waals surface area contributed by atoms with Crippen LogP contribution >= 0.6 is 11.6 Å². The summed E-state index contributed by atoms with van der Waals surface area (Å²) < 4.78 is 0. The first-order valence-corrected chi connectivity index (χ1v) is 7.51. The summed E-state index contributed by atoms with van der Waals surface area (Å²) in [4.78, 5) is 29.0. The smallest absolute Gasteiger partial charge is 0.259 e. The monoisotopic (exact) mass is 327 g/mol. The number of benzene rings is 2. The second-order valence-corrected chi connectivity index (χ2v) is 5.73. The van der Waals surface area contributed by atoms with Gasteiger partial charge >= 0.3 is 0 Å². The van der Waals surface area contributed by atoms with Crippen LogP contribution < -0.4 is 10.3 Å². The quantitative estimate of drug-likeness (QED) is 0.689. The zero-order valence-corrected chi connectivity index (χ0v) is 13.1. The number of carbonyl (C=O) groups excluding carboxylic acids is 2. The van der Waals surface area contributed by atoms with Gasteiger partial charge in [-0.2, -0.15) is 5.48 Å². The van der Waals surface area contributed by atoms with Crippen LogP contribution in [0.4, 0.5) is 0 Å². The summed E-state index contributed by atoms with van der Waals surface area (Å²) in [6, 6.07) is 12.3. The van der Waals surface area contributed by atoms with Crippen molar-refractivity contribution in [1.82, 2.24) is 5.48 Å². The Kier molecular flexibility index (Phi) is 4.17. The van der Waals surface area contributed by atoms with E-state index in [0.717, 1.165) is 11.1 Å². The number of rotatable bonds is 3. The number of allylic oxidation sites excluding steroid dienone is 1. The molecule has 1 aliphatic heterocycles. The van der Waals surface area contributed by atoms with Gasteiger partial charge in [-0.25, -0.2) is 0 Å². The molecule has 23 heavy (non-hydrogen) atoms. The minimum Gasteiger partial charge on any atom is -0.379 e. The van der Waals surface area contributed by atoms with E-state index in [1.54, 1.807) is 43.3 Å². The molecule has 1 atom stereocenters. The summed E-state index contributed by atoms with van der Waals surface area (Å²) >= 11 is 5.82. The van der Waals surface area contributed by atoms with Crippen LogP contribution in [0.25, 0.3) is 6.08 Å². The molecule has 2 aromatic rings. The van der Waals surface area contributed by atoms with E-state index in [9.17, 15) is 9.59 Å². The second-order valence-electron chi connectivity index (χ2n) is 5.29. The molecule has 1 aliphatic rings. The zero-order chi connectivity index (χ0) is 16.4. The van der Waals surface area contributed by atoms with Crippen LogP contribution in [0.3, 0.4) is 0 Å². The normalized spacial score (nSPS) is 16.6. The molecule has 0 saturated heterocycles. The van der Waals surface area contributed by atoms with Crippen LogP contribution in [-0.2, 0) is 4.79 Å². The molecular weight excluding hydrogens is 314 g/mol. The average Bonchev–Trinajstić information content (AvgIpc) is 2.57. The lowest BCUT2D eigenvalue weighted by atomic mass is 9.96. The lowest BCUT2D eigenvalue weighted by molar-refractivity contribution is -0.130. The molecular formula is C18H14ClNO3. The maximum absolute atomic E-state index is 12.3. The van der Waals surface area contributed by atoms with Crippen LogP contribution in [0.1, 0.15) is 34.3 Å². The lowest BCUT2D eigenvalue weighted by Crippen LogP contribution is -2.35. The van der Waals surface area contributed by atoms with Gasteiger partial charge in [0, 0.05) is 16.1 Å². The van der Waals surface area contributed by atoms with Crippen LogP contribution in [0.15, 0.2) is 48.5 Å². The van der Waals surface area contributed by atoms with E-state index < -0.39 is 0 Å². The van der Waals surface area contributed by atoms with Gasteiger partial charge in [0.2, 0.25) is 0 Å². The number of nitrogens with one attached hydrogen (secondary N) is 1. The summed E-state index contributed by atoms with van der Waals surface area (Å²) in [6.45, 7) is 1.79. The molecule has 4 nitrogen and oxygen atoms in total. The van der Waals surface area contributed by atoms with Gasteiger partial charge in [-0.3, -0.25) is 9.59 Å². The standard InChI is InChI=1S/C18H14ClNO3/c1-11-15-8-5-13(10-17(15)23-20-18(11)22)16(21)9-4-12-2-6-14(19)7-3-12/h2-11H,1H3,(H,20,22). The van der Waals surface area contributed by atoms with Gasteiger partial charge in [-0.05, 0) is 36.8 Å². The number of hydrogen-bond acceptors (Lipinski definition) is 3. The molecule has 0 bridgehead atoms. The maximum Gasteiger partial charge on any atom is 0.259 e. The third-order valence-electron chi connectivity index (χ3n) is 3.72. The second kappa shape index (κ2) is 6.26.